The Kier molecular flexibility index (Phi) is 3.53. The van der Waals surface area contributed by atoms with Crippen LogP contribution in [0, 0.1) is 29.6 Å². The van der Waals surface area contributed by atoms with Gasteiger partial charge in [-0.15, -0.1) is 0 Å². The first-order valence-electron chi connectivity index (χ1n) is 6.85. The normalized spacial score (nSPS) is 44.3. The fraction of sp³-hybridized carbons (Fsp3) is 0.867. The van der Waals surface area contributed by atoms with Crippen molar-refractivity contribution in [3.63, 3.8) is 0 Å². The van der Waals surface area contributed by atoms with E-state index in [4.69, 9.17) is 0 Å². The molecule has 2 rings (SSSR count). The molecule has 0 heteroatoms. The van der Waals surface area contributed by atoms with Crippen molar-refractivity contribution in [2.45, 2.75) is 52.9 Å². The zero-order valence-corrected chi connectivity index (χ0v) is 10.6. The lowest BCUT2D eigenvalue weighted by Crippen LogP contribution is -2.24. The van der Waals surface area contributed by atoms with Gasteiger partial charge in [-0.1, -0.05) is 26.0 Å². The maximum Gasteiger partial charge on any atom is -0.0351 e. The molecule has 0 aromatic rings. The monoisotopic (exact) mass is 206 g/mol. The topological polar surface area (TPSA) is 0 Å². The Bertz CT molecular complexity index is 226. The maximum atomic E-state index is 2.49. The molecule has 0 heterocycles. The minimum atomic E-state index is 1.01. The minimum Gasteiger partial charge on any atom is -0.0917 e. The molecule has 2 saturated carbocycles. The average Bonchev–Trinajstić information content (AvgIpc) is 2.75. The molecule has 0 amide bonds. The van der Waals surface area contributed by atoms with Crippen LogP contribution in [0.15, 0.2) is 12.2 Å². The Labute approximate surface area is 95.1 Å². The van der Waals surface area contributed by atoms with Crippen LogP contribution in [0.2, 0.25) is 0 Å². The van der Waals surface area contributed by atoms with Crippen molar-refractivity contribution in [1.29, 1.82) is 0 Å². The van der Waals surface area contributed by atoms with Crippen molar-refractivity contribution in [3.8, 4) is 0 Å². The van der Waals surface area contributed by atoms with Gasteiger partial charge in [0.1, 0.15) is 0 Å². The van der Waals surface area contributed by atoms with Crippen molar-refractivity contribution < 1.29 is 0 Å². The summed E-state index contributed by atoms with van der Waals surface area (Å²) in [5.74, 6) is 5.26. The van der Waals surface area contributed by atoms with E-state index in [9.17, 15) is 0 Å². The van der Waals surface area contributed by atoms with Gasteiger partial charge in [0.2, 0.25) is 0 Å². The maximum absolute atomic E-state index is 2.49. The van der Waals surface area contributed by atoms with E-state index >= 15 is 0 Å². The third-order valence-corrected chi connectivity index (χ3v) is 5.22. The highest BCUT2D eigenvalue weighted by Gasteiger charge is 2.47. The van der Waals surface area contributed by atoms with E-state index in [-0.39, 0.29) is 0 Å². The molecule has 86 valence electrons. The van der Waals surface area contributed by atoms with Gasteiger partial charge in [-0.25, -0.2) is 0 Å². The van der Waals surface area contributed by atoms with Gasteiger partial charge in [-0.2, -0.15) is 0 Å². The third kappa shape index (κ3) is 2.14. The van der Waals surface area contributed by atoms with E-state index in [1.54, 1.807) is 12.8 Å². The van der Waals surface area contributed by atoms with Gasteiger partial charge in [0.25, 0.3) is 0 Å². The summed E-state index contributed by atoms with van der Waals surface area (Å²) in [5, 5.41) is 0. The van der Waals surface area contributed by atoms with Crippen LogP contribution in [0.25, 0.3) is 0 Å². The molecule has 0 aromatic heterocycles. The molecular weight excluding hydrogens is 180 g/mol. The fourth-order valence-corrected chi connectivity index (χ4v) is 4.09. The van der Waals surface area contributed by atoms with Gasteiger partial charge in [0, 0.05) is 0 Å². The molecule has 0 spiro atoms. The second kappa shape index (κ2) is 4.72. The third-order valence-electron chi connectivity index (χ3n) is 5.22. The SMILES string of the molecule is CC=CCCCC1CC2CC1C(C)C2C. The first-order chi connectivity index (χ1) is 7.24. The number of allylic oxidation sites excluding steroid dienone is 2. The molecule has 0 saturated heterocycles. The van der Waals surface area contributed by atoms with Crippen molar-refractivity contribution in [2.24, 2.45) is 29.6 Å². The number of rotatable bonds is 4. The zero-order chi connectivity index (χ0) is 10.8. The summed E-state index contributed by atoms with van der Waals surface area (Å²) in [6.07, 6.45) is 11.8. The van der Waals surface area contributed by atoms with Crippen LogP contribution in [-0.2, 0) is 0 Å². The van der Waals surface area contributed by atoms with E-state index < -0.39 is 0 Å². The summed E-state index contributed by atoms with van der Waals surface area (Å²) in [7, 11) is 0. The van der Waals surface area contributed by atoms with Gasteiger partial charge < -0.3 is 0 Å². The molecule has 15 heavy (non-hydrogen) atoms. The molecule has 2 aliphatic carbocycles. The van der Waals surface area contributed by atoms with Crippen molar-refractivity contribution >= 4 is 0 Å². The minimum absolute atomic E-state index is 1.01. The molecule has 0 N–H and O–H groups in total. The smallest absolute Gasteiger partial charge is 0.0351 e. The second-order valence-electron chi connectivity index (χ2n) is 5.87. The summed E-state index contributed by atoms with van der Waals surface area (Å²) in [6.45, 7) is 7.10. The predicted molar refractivity (Wildman–Crippen MR) is 66.7 cm³/mol. The Morgan fingerprint density at radius 2 is 1.93 bits per heavy atom. The lowest BCUT2D eigenvalue weighted by Gasteiger charge is -2.31. The van der Waals surface area contributed by atoms with Gasteiger partial charge in [0.15, 0.2) is 0 Å². The van der Waals surface area contributed by atoms with Crippen LogP contribution >= 0.6 is 0 Å². The molecule has 0 radical (unpaired) electrons. The van der Waals surface area contributed by atoms with Gasteiger partial charge in [-0.3, -0.25) is 0 Å². The second-order valence-corrected chi connectivity index (χ2v) is 5.87. The zero-order valence-electron chi connectivity index (χ0n) is 10.6. The lowest BCUT2D eigenvalue weighted by molar-refractivity contribution is 0.180. The van der Waals surface area contributed by atoms with Gasteiger partial charge in [-0.05, 0) is 68.6 Å². The molecule has 2 bridgehead atoms. The number of unbranched alkanes of at least 4 members (excludes halogenated alkanes) is 1. The molecule has 0 nitrogen and oxygen atoms in total. The summed E-state index contributed by atoms with van der Waals surface area (Å²) in [5.41, 5.74) is 0. The Hall–Kier alpha value is -0.260. The van der Waals surface area contributed by atoms with E-state index in [0.717, 1.165) is 29.6 Å². The van der Waals surface area contributed by atoms with Gasteiger partial charge in [0.05, 0.1) is 0 Å². The van der Waals surface area contributed by atoms with E-state index in [2.05, 4.69) is 32.9 Å². The average molecular weight is 206 g/mol. The number of fused-ring (bicyclic) bond motifs is 2. The quantitative estimate of drug-likeness (QED) is 0.463. The van der Waals surface area contributed by atoms with Crippen LogP contribution in [-0.4, -0.2) is 0 Å². The van der Waals surface area contributed by atoms with Crippen molar-refractivity contribution in [3.05, 3.63) is 12.2 Å². The van der Waals surface area contributed by atoms with Crippen LogP contribution in [0.3, 0.4) is 0 Å². The van der Waals surface area contributed by atoms with Crippen LogP contribution in [0.1, 0.15) is 52.9 Å². The number of hydrogen-bond acceptors (Lipinski definition) is 0. The first kappa shape index (κ1) is 11.2. The highest BCUT2D eigenvalue weighted by Crippen LogP contribution is 2.56. The molecule has 5 unspecified atom stereocenters. The highest BCUT2D eigenvalue weighted by atomic mass is 14.5. The molecule has 0 aliphatic heterocycles. The molecule has 5 atom stereocenters. The van der Waals surface area contributed by atoms with E-state index in [0.29, 0.717) is 0 Å². The number of hydrogen-bond donors (Lipinski definition) is 0. The molecule has 0 aromatic carbocycles. The summed E-state index contributed by atoms with van der Waals surface area (Å²) in [4.78, 5) is 0. The largest absolute Gasteiger partial charge is 0.0917 e. The highest BCUT2D eigenvalue weighted by molar-refractivity contribution is 4.97. The van der Waals surface area contributed by atoms with Crippen molar-refractivity contribution in [1.82, 2.24) is 0 Å². The summed E-state index contributed by atoms with van der Waals surface area (Å²) in [6, 6.07) is 0. The lowest BCUT2D eigenvalue weighted by atomic mass is 9.74. The Morgan fingerprint density at radius 1 is 1.13 bits per heavy atom. The Balaban J connectivity index is 1.77. The fourth-order valence-electron chi connectivity index (χ4n) is 4.09. The van der Waals surface area contributed by atoms with Crippen LogP contribution in [0.5, 0.6) is 0 Å². The van der Waals surface area contributed by atoms with Crippen LogP contribution in [0.4, 0.5) is 0 Å². The van der Waals surface area contributed by atoms with Crippen LogP contribution < -0.4 is 0 Å². The molecule has 2 aliphatic rings. The molecule has 2 fully saturated rings. The predicted octanol–water partition coefficient (Wildman–Crippen LogP) is 4.66. The van der Waals surface area contributed by atoms with E-state index in [1.165, 1.54) is 19.3 Å². The summed E-state index contributed by atoms with van der Waals surface area (Å²) >= 11 is 0. The molecular formula is C15H26. The van der Waals surface area contributed by atoms with Gasteiger partial charge >= 0.3 is 0 Å². The van der Waals surface area contributed by atoms with E-state index in [1.807, 2.05) is 0 Å². The summed E-state index contributed by atoms with van der Waals surface area (Å²) < 4.78 is 0. The Morgan fingerprint density at radius 3 is 2.53 bits per heavy atom. The first-order valence-corrected chi connectivity index (χ1v) is 6.85. The standard InChI is InChI=1S/C15H26/c1-4-5-6-7-8-13-9-14-10-15(13)12(3)11(14)2/h4-5,11-15H,6-10H2,1-3H3. The van der Waals surface area contributed by atoms with Crippen molar-refractivity contribution in [2.75, 3.05) is 0 Å².